The molecular formula is C53H87N21O17S2. The molecule has 1 aliphatic carbocycles. The number of carbonyl (C=O) groups excluding carboxylic acids is 5. The van der Waals surface area contributed by atoms with Crippen LogP contribution < -0.4 is 62.2 Å². The van der Waals surface area contributed by atoms with Gasteiger partial charge < -0.3 is 140 Å². The highest BCUT2D eigenvalue weighted by molar-refractivity contribution is 8.00. The second kappa shape index (κ2) is 34.1. The number of anilines is 2. The number of ether oxygens (including phenoxy) is 6. The van der Waals surface area contributed by atoms with Gasteiger partial charge in [-0.2, -0.15) is 23.5 Å². The number of aromatic nitrogens is 8. The predicted molar refractivity (Wildman–Crippen MR) is 332 cm³/mol. The summed E-state index contributed by atoms with van der Waals surface area (Å²) in [5.41, 5.74) is 55.3. The molecule has 0 radical (unpaired) electrons. The first-order chi connectivity index (χ1) is 44.5. The minimum Gasteiger partial charge on any atom is -0.389 e. The summed E-state index contributed by atoms with van der Waals surface area (Å²) in [6.45, 7) is -2.16. The molecule has 40 heteroatoms. The topological polar surface area (TPSA) is 614 Å². The van der Waals surface area contributed by atoms with Crippen molar-refractivity contribution in [1.29, 1.82) is 0 Å². The normalized spacial score (nSPS) is 30.6. The quantitative estimate of drug-likeness (QED) is 0.0197. The van der Waals surface area contributed by atoms with E-state index < -0.39 is 153 Å². The van der Waals surface area contributed by atoms with Gasteiger partial charge in [0.25, 0.3) is 0 Å². The molecule has 26 N–H and O–H groups in total. The van der Waals surface area contributed by atoms with Gasteiger partial charge in [-0.15, -0.1) is 0 Å². The van der Waals surface area contributed by atoms with E-state index in [0.29, 0.717) is 17.2 Å². The number of primary amides is 1. The fraction of sp³-hybridized carbons (Fsp3) is 0.717. The monoisotopic (exact) mass is 1350 g/mol. The zero-order valence-electron chi connectivity index (χ0n) is 50.9. The maximum atomic E-state index is 13.8. The van der Waals surface area contributed by atoms with E-state index in [1.165, 1.54) is 62.9 Å². The number of nitrogen functional groups attached to an aromatic ring is 2. The zero-order valence-corrected chi connectivity index (χ0v) is 52.5. The maximum absolute atomic E-state index is 13.8. The Balaban J connectivity index is 0.785. The van der Waals surface area contributed by atoms with Crippen LogP contribution in [0.3, 0.4) is 0 Å². The van der Waals surface area contributed by atoms with E-state index in [9.17, 15) is 54.6 Å². The Kier molecular flexibility index (Phi) is 26.7. The lowest BCUT2D eigenvalue weighted by molar-refractivity contribution is -0.306. The number of imidazole rings is 2. The number of hydrogen-bond donors (Lipinski definition) is 17. The summed E-state index contributed by atoms with van der Waals surface area (Å²) in [6, 6.07) is -4.35. The van der Waals surface area contributed by atoms with Crippen LogP contribution in [0.2, 0.25) is 0 Å². The molecule has 0 spiro atoms. The Morgan fingerprint density at radius 3 is 1.58 bits per heavy atom. The molecule has 0 unspecified atom stereocenters. The number of nitrogens with zero attached hydrogens (tertiary/aromatic N) is 10. The standard InChI is InChI=1S/C53H87N21O17S2/c54-12-26-39(81)41(83)34(59)51(86-26)89-44-25(57)11-24(56)38(80)46(44)91-53-43(85)45(90-52-35(60)42(84)40(82)27(13-55)87-52)28(88-53)18-92-9-3-1-2-4-10-93-19-31(77)64-6-8-72(33(79)17-74-23-70-37-48(62)66-21-68-50(37)74)15-30(76)63-5-7-71(14-29(58)75)32(78)16-73-22-69-36-47(61)65-20-67-49(36)73/h20-28,34-35,38-46,51-53,80-85H,1-19,54-57,59-60H2,(H2,58,75)(H,63,76)(H,64,77)(H2,61,65,67)(H2,62,66,68)/t24-,25+,26-,27+,28-,34-,35-,38+,39-,40-,41-,42-,43-,44-,45-,46-,51-,52-,53+/m1/s1. The van der Waals surface area contributed by atoms with E-state index in [1.54, 1.807) is 0 Å². The van der Waals surface area contributed by atoms with Crippen molar-refractivity contribution < 1.29 is 83.0 Å². The van der Waals surface area contributed by atoms with Crippen LogP contribution in [0.5, 0.6) is 0 Å². The lowest BCUT2D eigenvalue weighted by Gasteiger charge is -2.47. The lowest BCUT2D eigenvalue weighted by atomic mass is 9.84. The summed E-state index contributed by atoms with van der Waals surface area (Å²) >= 11 is 2.92. The van der Waals surface area contributed by atoms with Crippen molar-refractivity contribution in [3.05, 3.63) is 25.3 Å². The molecule has 3 aliphatic heterocycles. The molecule has 3 saturated heterocycles. The number of nitrogens with one attached hydrogen (secondary N) is 2. The summed E-state index contributed by atoms with van der Waals surface area (Å²) in [7, 11) is 0. The fourth-order valence-corrected chi connectivity index (χ4v) is 13.0. The number of thioether (sulfide) groups is 2. The highest BCUT2D eigenvalue weighted by Gasteiger charge is 2.54. The van der Waals surface area contributed by atoms with E-state index in [1.807, 2.05) is 0 Å². The van der Waals surface area contributed by atoms with Gasteiger partial charge in [-0.25, -0.2) is 29.9 Å². The third-order valence-electron chi connectivity index (χ3n) is 16.3. The van der Waals surface area contributed by atoms with Crippen molar-refractivity contribution in [2.45, 2.75) is 161 Å². The minimum atomic E-state index is -1.58. The molecule has 5 amide bonds. The van der Waals surface area contributed by atoms with E-state index in [0.717, 1.165) is 30.6 Å². The first kappa shape index (κ1) is 72.9. The third-order valence-corrected chi connectivity index (χ3v) is 18.5. The molecule has 8 rings (SSSR count). The molecule has 7 heterocycles. The molecule has 19 atom stereocenters. The Morgan fingerprint density at radius 1 is 0.570 bits per heavy atom. The van der Waals surface area contributed by atoms with Gasteiger partial charge in [-0.3, -0.25) is 24.0 Å². The fourth-order valence-electron chi connectivity index (χ4n) is 11.1. The minimum absolute atomic E-state index is 0.00434. The molecule has 93 heavy (non-hydrogen) atoms. The highest BCUT2D eigenvalue weighted by atomic mass is 32.2. The van der Waals surface area contributed by atoms with Crippen LogP contribution in [0.4, 0.5) is 11.6 Å². The number of unbranched alkanes of at least 4 members (excludes halogenated alkanes) is 3. The SMILES string of the molecule is NC[C@@H]1O[C@H](O[C@H]2[C@@H](O)[C@H](O[C@@H]3[C@@H](O)[C@H](N)C[C@H](N)[C@H]3O[C@H]3O[C@H](CN)[C@@H](O)[C@H](O)[C@H]3N)O[C@@H]2CSCCCCCCSCC(=O)NCCN(CC(=O)NCCN(CC(N)=O)C(=O)Cn2cnc3c(N)ncnc32)C(=O)Cn2cnc3c(N)ncnc32)[C@H](N)[C@@H](O)[C@@H]1O. The number of aliphatic hydroxyl groups is 6. The van der Waals surface area contributed by atoms with Crippen LogP contribution in [0, 0.1) is 0 Å². The Bertz CT molecular complexity index is 3110. The summed E-state index contributed by atoms with van der Waals surface area (Å²) in [4.78, 5) is 92.6. The number of amides is 5. The predicted octanol–water partition coefficient (Wildman–Crippen LogP) is -9.64. The van der Waals surface area contributed by atoms with Crippen LogP contribution in [0.1, 0.15) is 32.1 Å². The first-order valence-electron chi connectivity index (χ1n) is 30.3. The number of carbonyl (C=O) groups is 5. The maximum Gasteiger partial charge on any atom is 0.243 e. The molecule has 0 aromatic carbocycles. The van der Waals surface area contributed by atoms with Gasteiger partial charge in [-0.1, -0.05) is 12.8 Å². The summed E-state index contributed by atoms with van der Waals surface area (Å²) < 4.78 is 39.6. The van der Waals surface area contributed by atoms with E-state index >= 15 is 0 Å². The average molecular weight is 1350 g/mol. The van der Waals surface area contributed by atoms with Gasteiger partial charge in [0.1, 0.15) is 97.8 Å². The van der Waals surface area contributed by atoms with Gasteiger partial charge >= 0.3 is 0 Å². The molecule has 4 fully saturated rings. The Hall–Kier alpha value is -5.97. The van der Waals surface area contributed by atoms with Crippen LogP contribution >= 0.6 is 23.5 Å². The van der Waals surface area contributed by atoms with Gasteiger partial charge in [-0.05, 0) is 30.8 Å². The van der Waals surface area contributed by atoms with Crippen molar-refractivity contribution in [2.24, 2.45) is 40.1 Å². The van der Waals surface area contributed by atoms with E-state index in [-0.39, 0.29) is 105 Å². The van der Waals surface area contributed by atoms with Crippen LogP contribution in [-0.4, -0.2) is 301 Å². The largest absolute Gasteiger partial charge is 0.389 e. The van der Waals surface area contributed by atoms with Crippen LogP contribution in [-0.2, 0) is 65.5 Å². The van der Waals surface area contributed by atoms with Crippen molar-refractivity contribution in [2.75, 3.05) is 86.8 Å². The molecular weight excluding hydrogens is 1270 g/mol. The molecule has 38 nitrogen and oxygen atoms in total. The Morgan fingerprint density at radius 2 is 1.05 bits per heavy atom. The van der Waals surface area contributed by atoms with Crippen LogP contribution in [0.15, 0.2) is 25.3 Å². The van der Waals surface area contributed by atoms with Gasteiger partial charge in [0.2, 0.25) is 29.5 Å². The molecule has 518 valence electrons. The molecule has 1 saturated carbocycles. The molecule has 0 bridgehead atoms. The number of hydrogen-bond acceptors (Lipinski definition) is 33. The van der Waals surface area contributed by atoms with Crippen molar-refractivity contribution in [1.82, 2.24) is 59.5 Å². The highest BCUT2D eigenvalue weighted by Crippen LogP contribution is 2.36. The summed E-state index contributed by atoms with van der Waals surface area (Å²) in [5.74, 6) is -0.837. The summed E-state index contributed by atoms with van der Waals surface area (Å²) in [5, 5.41) is 71.2. The second-order valence-electron chi connectivity index (χ2n) is 23.0. The number of rotatable bonds is 33. The molecule has 4 aromatic rings. The van der Waals surface area contributed by atoms with Gasteiger partial charge in [0.05, 0.1) is 55.8 Å². The van der Waals surface area contributed by atoms with Gasteiger partial charge in [0, 0.05) is 57.1 Å². The first-order valence-corrected chi connectivity index (χ1v) is 32.6. The smallest absolute Gasteiger partial charge is 0.243 e. The van der Waals surface area contributed by atoms with E-state index in [2.05, 4.69) is 40.5 Å². The van der Waals surface area contributed by atoms with Crippen molar-refractivity contribution in [3.63, 3.8) is 0 Å². The average Bonchev–Trinajstić information content (AvgIpc) is 1.83. The van der Waals surface area contributed by atoms with Crippen molar-refractivity contribution in [3.8, 4) is 0 Å². The molecule has 4 aliphatic rings. The number of nitrogens with two attached hydrogens (primary N) is 9. The lowest BCUT2D eigenvalue weighted by Crippen LogP contribution is -2.68. The molecule has 4 aromatic heterocycles. The zero-order chi connectivity index (χ0) is 67.2. The van der Waals surface area contributed by atoms with Crippen LogP contribution in [0.25, 0.3) is 22.3 Å². The second-order valence-corrected chi connectivity index (χ2v) is 25.3. The van der Waals surface area contributed by atoms with Crippen molar-refractivity contribution >= 4 is 87.0 Å². The number of aliphatic hydroxyl groups excluding tert-OH is 6. The number of fused-ring (bicyclic) bond motifs is 2. The Labute approximate surface area is 541 Å². The van der Waals surface area contributed by atoms with Gasteiger partial charge in [0.15, 0.2) is 41.8 Å². The third kappa shape index (κ3) is 18.5. The summed E-state index contributed by atoms with van der Waals surface area (Å²) in [6.07, 6.45) is -11.4. The van der Waals surface area contributed by atoms with E-state index in [4.69, 9.17) is 80.0 Å².